The van der Waals surface area contributed by atoms with Crippen LogP contribution in [0.4, 0.5) is 5.69 Å². The van der Waals surface area contributed by atoms with Gasteiger partial charge < -0.3 is 11.1 Å². The van der Waals surface area contributed by atoms with Gasteiger partial charge in [0.15, 0.2) is 32.7 Å². The van der Waals surface area contributed by atoms with Gasteiger partial charge in [-0.3, -0.25) is 18.7 Å². The van der Waals surface area contributed by atoms with Gasteiger partial charge in [-0.05, 0) is 119 Å². The van der Waals surface area contributed by atoms with Crippen molar-refractivity contribution in [2.24, 2.45) is 17.6 Å². The van der Waals surface area contributed by atoms with E-state index in [-0.39, 0.29) is 41.0 Å². The second kappa shape index (κ2) is 19.9. The molecule has 23 heteroatoms. The second-order valence-electron chi connectivity index (χ2n) is 15.7. The standard InChI is InChI=1S/C20H21BrN4O4S.C19H18BrN3O3S.C2H7NO3S/c1-12-8-14(4-5-15(12)18(26)9-13-2-3-13)17-11-23-20-16(10-19(21)24-25(17)20)22-6-7-30(27,28)29;1-11-7-13(5-6-14(11)16(24)8-12-3-4-12)15-10-21-19-17(27(2,25)26)9-18(20)22-23(15)19;3-1-2-7(4,5)6/h4-5,8,10-11,13,22H,2-3,6-7,9H2,1H3,(H,27,28,29);5-7,9-10,12H,3-4,8H2,1-2H3;1-3H2,(H,4,5,6). The number of nitrogens with one attached hydrogen (secondary N) is 1. The molecule has 18 nitrogen and oxygen atoms in total. The van der Waals surface area contributed by atoms with Gasteiger partial charge >= 0.3 is 0 Å². The van der Waals surface area contributed by atoms with Crippen LogP contribution >= 0.6 is 31.9 Å². The largest absolute Gasteiger partial charge is 0.381 e. The molecule has 2 saturated carbocycles. The zero-order valence-electron chi connectivity index (χ0n) is 34.9. The normalized spacial score (nSPS) is 14.1. The van der Waals surface area contributed by atoms with Crippen molar-refractivity contribution < 1.29 is 43.9 Å². The molecule has 64 heavy (non-hydrogen) atoms. The molecule has 0 aliphatic heterocycles. The Bertz CT molecular complexity index is 3100. The van der Waals surface area contributed by atoms with Gasteiger partial charge in [0, 0.05) is 54.4 Å². The summed E-state index contributed by atoms with van der Waals surface area (Å²) in [6.07, 6.45) is 10.2. The van der Waals surface area contributed by atoms with Crippen LogP contribution in [0.15, 0.2) is 75.0 Å². The average Bonchev–Trinajstić information content (AvgIpc) is 4.10. The minimum Gasteiger partial charge on any atom is -0.381 e. The van der Waals surface area contributed by atoms with Crippen LogP contribution in [0.1, 0.15) is 70.4 Å². The number of hydrogen-bond acceptors (Lipinski definition) is 14. The Hall–Kier alpha value is -4.49. The number of aromatic nitrogens is 6. The zero-order chi connectivity index (χ0) is 46.7. The molecular weight excluding hydrogens is 1020 g/mol. The molecule has 2 fully saturated rings. The predicted octanol–water partition coefficient (Wildman–Crippen LogP) is 6.44. The predicted molar refractivity (Wildman–Crippen MR) is 249 cm³/mol. The maximum Gasteiger partial charge on any atom is 0.266 e. The number of benzene rings is 2. The van der Waals surface area contributed by atoms with E-state index in [1.165, 1.54) is 10.6 Å². The molecule has 4 heterocycles. The van der Waals surface area contributed by atoms with Crippen molar-refractivity contribution in [3.63, 3.8) is 0 Å². The summed E-state index contributed by atoms with van der Waals surface area (Å²) in [6.45, 7) is 3.85. The Labute approximate surface area is 387 Å². The molecule has 5 N–H and O–H groups in total. The lowest BCUT2D eigenvalue weighted by Gasteiger charge is -2.10. The van der Waals surface area contributed by atoms with Crippen LogP contribution in [0.2, 0.25) is 0 Å². The van der Waals surface area contributed by atoms with E-state index >= 15 is 0 Å². The summed E-state index contributed by atoms with van der Waals surface area (Å²) < 4.78 is 86.4. The molecule has 0 spiro atoms. The lowest BCUT2D eigenvalue weighted by Crippen LogP contribution is -2.15. The smallest absolute Gasteiger partial charge is 0.266 e. The Morgan fingerprint density at radius 2 is 1.17 bits per heavy atom. The van der Waals surface area contributed by atoms with E-state index in [9.17, 15) is 34.8 Å². The van der Waals surface area contributed by atoms with Gasteiger partial charge in [-0.25, -0.2) is 27.4 Å². The molecule has 4 aromatic heterocycles. The molecular formula is C41H46Br2N8O10S3. The fourth-order valence-corrected chi connectivity index (χ4v) is 9.15. The fraction of sp³-hybridized carbons (Fsp3) is 0.366. The first-order valence-electron chi connectivity index (χ1n) is 19.9. The van der Waals surface area contributed by atoms with E-state index in [0.29, 0.717) is 50.9 Å². The van der Waals surface area contributed by atoms with Crippen LogP contribution in [0.5, 0.6) is 0 Å². The number of sulfone groups is 1. The molecule has 2 aromatic carbocycles. The van der Waals surface area contributed by atoms with Crippen LogP contribution in [-0.4, -0.2) is 106 Å². The third-order valence-corrected chi connectivity index (χ3v) is 13.6. The number of halogens is 2. The number of ketones is 2. The first-order valence-corrected chi connectivity index (χ1v) is 26.6. The molecule has 8 rings (SSSR count). The van der Waals surface area contributed by atoms with E-state index in [2.05, 4.69) is 57.3 Å². The van der Waals surface area contributed by atoms with Crippen molar-refractivity contribution in [1.29, 1.82) is 0 Å². The third kappa shape index (κ3) is 13.1. The summed E-state index contributed by atoms with van der Waals surface area (Å²) in [5.41, 5.74) is 12.6. The molecule has 0 radical (unpaired) electrons. The monoisotopic (exact) mass is 1060 g/mol. The number of aryl methyl sites for hydroxylation is 2. The average molecular weight is 1070 g/mol. The van der Waals surface area contributed by atoms with Gasteiger partial charge in [0.25, 0.3) is 20.2 Å². The number of carbonyl (C=O) groups excluding carboxylic acids is 2. The van der Waals surface area contributed by atoms with Crippen molar-refractivity contribution in [3.8, 4) is 22.5 Å². The van der Waals surface area contributed by atoms with Crippen molar-refractivity contribution in [3.05, 3.63) is 92.4 Å². The van der Waals surface area contributed by atoms with Crippen LogP contribution in [-0.2, 0) is 30.1 Å². The summed E-state index contributed by atoms with van der Waals surface area (Å²) in [4.78, 5) is 33.7. The Balaban J connectivity index is 0.000000186. The molecule has 0 atom stereocenters. The molecule has 0 saturated heterocycles. The van der Waals surface area contributed by atoms with E-state index in [1.807, 2.05) is 50.2 Å². The summed E-state index contributed by atoms with van der Waals surface area (Å²) in [5.74, 6) is 0.690. The molecule has 6 aromatic rings. The van der Waals surface area contributed by atoms with E-state index < -0.39 is 35.8 Å². The van der Waals surface area contributed by atoms with Gasteiger partial charge in [-0.1, -0.05) is 24.3 Å². The number of anilines is 1. The van der Waals surface area contributed by atoms with Crippen molar-refractivity contribution in [2.45, 2.75) is 57.3 Å². The van der Waals surface area contributed by atoms with Crippen molar-refractivity contribution in [2.75, 3.05) is 36.2 Å². The minimum absolute atomic E-state index is 0.0289. The minimum atomic E-state index is -4.06. The van der Waals surface area contributed by atoms with E-state index in [4.69, 9.17) is 14.8 Å². The number of rotatable bonds is 15. The maximum atomic E-state index is 12.5. The van der Waals surface area contributed by atoms with Crippen LogP contribution in [0.25, 0.3) is 33.8 Å². The number of nitrogens with two attached hydrogens (primary N) is 1. The van der Waals surface area contributed by atoms with Gasteiger partial charge in [-0.15, -0.1) is 0 Å². The fourth-order valence-electron chi connectivity index (χ4n) is 6.77. The highest BCUT2D eigenvalue weighted by Gasteiger charge is 2.27. The lowest BCUT2D eigenvalue weighted by molar-refractivity contribution is 0.0967. The molecule has 342 valence electrons. The van der Waals surface area contributed by atoms with Gasteiger partial charge in [-0.2, -0.15) is 27.0 Å². The highest BCUT2D eigenvalue weighted by atomic mass is 79.9. The summed E-state index contributed by atoms with van der Waals surface area (Å²) >= 11 is 6.64. The summed E-state index contributed by atoms with van der Waals surface area (Å²) in [7, 11) is -11.3. The SMILES string of the molecule is Cc1cc(-c2cnc3c(NCCS(=O)(=O)O)cc(Br)nn23)ccc1C(=O)CC1CC1.Cc1cc(-c2cnc3c(S(C)(=O)=O)cc(Br)nn23)ccc1C(=O)CC1CC1.NCCS(=O)(=O)O. The molecule has 2 aliphatic carbocycles. The first kappa shape index (κ1) is 49.0. The quantitative estimate of drug-likeness (QED) is 0.0636. The number of Topliss-reactive ketones (excluding diaryl/α,β-unsaturated/α-hetero) is 2. The lowest BCUT2D eigenvalue weighted by atomic mass is 9.98. The second-order valence-corrected chi connectivity index (χ2v) is 22.5. The molecule has 0 amide bonds. The van der Waals surface area contributed by atoms with Crippen LogP contribution in [0, 0.1) is 25.7 Å². The number of hydrogen-bond donors (Lipinski definition) is 4. The Morgan fingerprint density at radius 1 is 0.719 bits per heavy atom. The van der Waals surface area contributed by atoms with E-state index in [1.54, 1.807) is 23.0 Å². The zero-order valence-corrected chi connectivity index (χ0v) is 40.5. The summed E-state index contributed by atoms with van der Waals surface area (Å²) in [6, 6.07) is 14.5. The summed E-state index contributed by atoms with van der Waals surface area (Å²) in [5, 5.41) is 11.8. The van der Waals surface area contributed by atoms with Crippen LogP contribution in [0.3, 0.4) is 0 Å². The molecule has 0 bridgehead atoms. The third-order valence-electron chi connectivity index (χ3n) is 10.3. The molecule has 0 unspecified atom stereocenters. The van der Waals surface area contributed by atoms with Crippen molar-refractivity contribution in [1.82, 2.24) is 29.2 Å². The van der Waals surface area contributed by atoms with Crippen molar-refractivity contribution >= 4 is 90.5 Å². The Kier molecular flexibility index (Phi) is 15.3. The maximum absolute atomic E-state index is 12.5. The highest BCUT2D eigenvalue weighted by Crippen LogP contribution is 2.36. The molecule has 2 aliphatic rings. The van der Waals surface area contributed by atoms with E-state index in [0.717, 1.165) is 71.0 Å². The topological polar surface area (TPSA) is 275 Å². The van der Waals surface area contributed by atoms with Crippen LogP contribution < -0.4 is 11.1 Å². The first-order chi connectivity index (χ1) is 30.0. The number of carbonyl (C=O) groups is 2. The van der Waals surface area contributed by atoms with Gasteiger partial charge in [0.1, 0.15) is 14.1 Å². The Morgan fingerprint density at radius 3 is 1.58 bits per heavy atom. The van der Waals surface area contributed by atoms with Gasteiger partial charge in [0.05, 0.1) is 41.0 Å². The highest BCUT2D eigenvalue weighted by molar-refractivity contribution is 9.10. The van der Waals surface area contributed by atoms with Gasteiger partial charge in [0.2, 0.25) is 0 Å². The number of nitrogens with zero attached hydrogens (tertiary/aromatic N) is 6. The number of fused-ring (bicyclic) bond motifs is 2. The number of imidazole rings is 2.